The van der Waals surface area contributed by atoms with Crippen LogP contribution in [0.1, 0.15) is 25.1 Å². The summed E-state index contributed by atoms with van der Waals surface area (Å²) in [5, 5.41) is 9.64. The smallest absolute Gasteiger partial charge is 0.161 e. The molecule has 0 bridgehead atoms. The van der Waals surface area contributed by atoms with Crippen LogP contribution in [0.3, 0.4) is 0 Å². The van der Waals surface area contributed by atoms with E-state index in [1.165, 1.54) is 0 Å². The van der Waals surface area contributed by atoms with Crippen molar-refractivity contribution in [1.29, 1.82) is 0 Å². The number of hydrogen-bond acceptors (Lipinski definition) is 6. The summed E-state index contributed by atoms with van der Waals surface area (Å²) in [7, 11) is 0. The summed E-state index contributed by atoms with van der Waals surface area (Å²) in [6.45, 7) is 2.24. The lowest BCUT2D eigenvalue weighted by atomic mass is 10.1. The van der Waals surface area contributed by atoms with Gasteiger partial charge in [-0.15, -0.1) is 0 Å². The quantitative estimate of drug-likeness (QED) is 0.920. The third-order valence-corrected chi connectivity index (χ3v) is 4.74. The zero-order valence-corrected chi connectivity index (χ0v) is 14.2. The minimum Gasteiger partial charge on any atom is -0.486 e. The Bertz CT molecular complexity index is 717. The van der Waals surface area contributed by atoms with Crippen molar-refractivity contribution in [1.82, 2.24) is 9.97 Å². The third kappa shape index (κ3) is 3.85. The lowest BCUT2D eigenvalue weighted by Crippen LogP contribution is -2.36. The number of aliphatic hydroxyl groups is 1. The van der Waals surface area contributed by atoms with Gasteiger partial charge in [0.15, 0.2) is 11.5 Å². The number of benzene rings is 1. The van der Waals surface area contributed by atoms with Crippen molar-refractivity contribution in [2.24, 2.45) is 0 Å². The number of anilines is 1. The number of fused-ring (bicyclic) bond motifs is 1. The number of hydrogen-bond donors (Lipinski definition) is 1. The first-order valence-corrected chi connectivity index (χ1v) is 8.91. The van der Waals surface area contributed by atoms with E-state index in [2.05, 4.69) is 14.9 Å². The molecule has 1 atom stereocenters. The maximum absolute atomic E-state index is 9.64. The van der Waals surface area contributed by atoms with Gasteiger partial charge in [-0.2, -0.15) is 0 Å². The zero-order chi connectivity index (χ0) is 17.1. The molecular weight excluding hydrogens is 318 g/mol. The Balaban J connectivity index is 1.35. The van der Waals surface area contributed by atoms with Gasteiger partial charge in [-0.3, -0.25) is 0 Å². The molecule has 1 saturated heterocycles. The Morgan fingerprint density at radius 3 is 2.76 bits per heavy atom. The van der Waals surface area contributed by atoms with Crippen molar-refractivity contribution in [2.75, 3.05) is 24.6 Å². The number of nitrogens with zero attached hydrogens (tertiary/aromatic N) is 3. The first-order chi connectivity index (χ1) is 12.3. The number of aromatic nitrogens is 2. The van der Waals surface area contributed by atoms with E-state index in [1.54, 1.807) is 0 Å². The Morgan fingerprint density at radius 1 is 1.12 bits per heavy atom. The van der Waals surface area contributed by atoms with Crippen molar-refractivity contribution < 1.29 is 14.6 Å². The second-order valence-electron chi connectivity index (χ2n) is 6.59. The van der Waals surface area contributed by atoms with E-state index >= 15 is 0 Å². The Morgan fingerprint density at radius 2 is 1.92 bits per heavy atom. The van der Waals surface area contributed by atoms with E-state index in [-0.39, 0.29) is 12.2 Å². The van der Waals surface area contributed by atoms with Crippen molar-refractivity contribution in [3.63, 3.8) is 0 Å². The van der Waals surface area contributed by atoms with Crippen LogP contribution in [0, 0.1) is 0 Å². The van der Waals surface area contributed by atoms with Crippen LogP contribution in [-0.4, -0.2) is 47.0 Å². The number of piperidine rings is 1. The van der Waals surface area contributed by atoms with E-state index in [0.29, 0.717) is 6.61 Å². The molecule has 1 aromatic heterocycles. The molecule has 0 saturated carbocycles. The fourth-order valence-corrected chi connectivity index (χ4v) is 3.28. The lowest BCUT2D eigenvalue weighted by Gasteiger charge is -2.30. The number of ether oxygens (including phenoxy) is 2. The molecular formula is C19H23N3O3. The largest absolute Gasteiger partial charge is 0.486 e. The van der Waals surface area contributed by atoms with E-state index < -0.39 is 0 Å². The van der Waals surface area contributed by atoms with Crippen molar-refractivity contribution >= 4 is 5.82 Å². The second kappa shape index (κ2) is 7.27. The molecule has 0 amide bonds. The predicted octanol–water partition coefficient (Wildman–Crippen LogP) is 2.21. The molecule has 2 aliphatic heterocycles. The minimum atomic E-state index is -0.177. The van der Waals surface area contributed by atoms with Crippen molar-refractivity contribution in [3.05, 3.63) is 42.4 Å². The van der Waals surface area contributed by atoms with Crippen LogP contribution in [0.25, 0.3) is 0 Å². The fourth-order valence-electron chi connectivity index (χ4n) is 3.28. The zero-order valence-electron chi connectivity index (χ0n) is 14.2. The van der Waals surface area contributed by atoms with Gasteiger partial charge in [0.2, 0.25) is 0 Å². The molecule has 6 heteroatoms. The van der Waals surface area contributed by atoms with Crippen LogP contribution in [0.5, 0.6) is 11.5 Å². The van der Waals surface area contributed by atoms with Crippen molar-refractivity contribution in [3.8, 4) is 11.5 Å². The highest BCUT2D eigenvalue weighted by Crippen LogP contribution is 2.31. The molecule has 0 spiro atoms. The highest BCUT2D eigenvalue weighted by Gasteiger charge is 2.21. The van der Waals surface area contributed by atoms with Crippen LogP contribution >= 0.6 is 0 Å². The monoisotopic (exact) mass is 341 g/mol. The van der Waals surface area contributed by atoms with E-state index in [4.69, 9.17) is 9.47 Å². The topological polar surface area (TPSA) is 67.7 Å². The number of para-hydroxylation sites is 2. The summed E-state index contributed by atoms with van der Waals surface area (Å²) in [6.07, 6.45) is 4.82. The van der Waals surface area contributed by atoms with E-state index in [9.17, 15) is 5.11 Å². The molecule has 132 valence electrons. The highest BCUT2D eigenvalue weighted by molar-refractivity contribution is 5.41. The summed E-state index contributed by atoms with van der Waals surface area (Å²) < 4.78 is 11.7. The van der Waals surface area contributed by atoms with E-state index in [0.717, 1.165) is 61.9 Å². The fraction of sp³-hybridized carbons (Fsp3) is 0.474. The average Bonchev–Trinajstić information content (AvgIpc) is 2.67. The van der Waals surface area contributed by atoms with Crippen molar-refractivity contribution in [2.45, 2.75) is 37.9 Å². The first-order valence-electron chi connectivity index (χ1n) is 8.91. The van der Waals surface area contributed by atoms with Crippen LogP contribution < -0.4 is 14.4 Å². The van der Waals surface area contributed by atoms with Gasteiger partial charge in [-0.25, -0.2) is 9.97 Å². The van der Waals surface area contributed by atoms with Gasteiger partial charge in [-0.1, -0.05) is 12.1 Å². The predicted molar refractivity (Wildman–Crippen MR) is 94.2 cm³/mol. The third-order valence-electron chi connectivity index (χ3n) is 4.74. The first kappa shape index (κ1) is 16.1. The van der Waals surface area contributed by atoms with Gasteiger partial charge >= 0.3 is 0 Å². The molecule has 6 nitrogen and oxygen atoms in total. The second-order valence-corrected chi connectivity index (χ2v) is 6.59. The van der Waals surface area contributed by atoms with Crippen LogP contribution in [-0.2, 0) is 6.42 Å². The molecule has 1 fully saturated rings. The van der Waals surface area contributed by atoms with Crippen LogP contribution in [0.2, 0.25) is 0 Å². The summed E-state index contributed by atoms with van der Waals surface area (Å²) in [5.41, 5.74) is 0. The Hall–Kier alpha value is -2.34. The van der Waals surface area contributed by atoms with Gasteiger partial charge in [0, 0.05) is 25.7 Å². The molecule has 25 heavy (non-hydrogen) atoms. The van der Waals surface area contributed by atoms with Gasteiger partial charge in [0.05, 0.1) is 6.10 Å². The van der Waals surface area contributed by atoms with Gasteiger partial charge < -0.3 is 19.5 Å². The molecule has 4 rings (SSSR count). The van der Waals surface area contributed by atoms with Gasteiger partial charge in [-0.05, 0) is 37.5 Å². The SMILES string of the molecule is OC1CCN(c2ccnc(CC[C@@H]3COc4ccccc4O3)n2)CC1. The van der Waals surface area contributed by atoms with Gasteiger partial charge in [0.1, 0.15) is 24.4 Å². The molecule has 3 heterocycles. The molecule has 0 aliphatic carbocycles. The molecule has 1 N–H and O–H groups in total. The Kier molecular flexibility index (Phi) is 4.70. The molecule has 0 unspecified atom stereocenters. The number of rotatable bonds is 4. The summed E-state index contributed by atoms with van der Waals surface area (Å²) >= 11 is 0. The molecule has 2 aromatic rings. The average molecular weight is 341 g/mol. The van der Waals surface area contributed by atoms with E-state index in [1.807, 2.05) is 36.5 Å². The Labute approximate surface area is 147 Å². The maximum Gasteiger partial charge on any atom is 0.161 e. The summed E-state index contributed by atoms with van der Waals surface area (Å²) in [4.78, 5) is 11.3. The summed E-state index contributed by atoms with van der Waals surface area (Å²) in [5.74, 6) is 3.39. The van der Waals surface area contributed by atoms with Gasteiger partial charge in [0.25, 0.3) is 0 Å². The standard InChI is InChI=1S/C19H23N3O3/c23-14-8-11-22(12-9-14)19-7-10-20-18(21-19)6-5-15-13-24-16-3-1-2-4-17(16)25-15/h1-4,7,10,14-15,23H,5-6,8-9,11-13H2/t15-/m1/s1. The van der Waals surface area contributed by atoms with Crippen LogP contribution in [0.4, 0.5) is 5.82 Å². The maximum atomic E-state index is 9.64. The number of aliphatic hydroxyl groups excluding tert-OH is 1. The normalized spacial score (nSPS) is 20.5. The summed E-state index contributed by atoms with van der Waals surface area (Å²) in [6, 6.07) is 9.70. The van der Waals surface area contributed by atoms with Crippen LogP contribution in [0.15, 0.2) is 36.5 Å². The molecule has 1 aromatic carbocycles. The molecule has 0 radical (unpaired) electrons. The molecule has 2 aliphatic rings. The lowest BCUT2D eigenvalue weighted by molar-refractivity contribution is 0.0847. The minimum absolute atomic E-state index is 0.0206. The highest BCUT2D eigenvalue weighted by atomic mass is 16.6. The number of aryl methyl sites for hydroxylation is 1.